The van der Waals surface area contributed by atoms with Crippen molar-refractivity contribution in [3.05, 3.63) is 53.8 Å². The van der Waals surface area contributed by atoms with Crippen molar-refractivity contribution in [3.8, 4) is 22.8 Å². The average Bonchev–Trinajstić information content (AvgIpc) is 3.40. The van der Waals surface area contributed by atoms with Crippen molar-refractivity contribution in [3.63, 3.8) is 0 Å². The first-order valence-electron chi connectivity index (χ1n) is 10.8. The van der Waals surface area contributed by atoms with E-state index in [-0.39, 0.29) is 5.92 Å². The molecule has 2 fully saturated rings. The summed E-state index contributed by atoms with van der Waals surface area (Å²) < 4.78 is 11.4. The molecule has 5 rings (SSSR count). The lowest BCUT2D eigenvalue weighted by Crippen LogP contribution is -2.49. The molecule has 3 heterocycles. The monoisotopic (exact) mass is 406 g/mol. The summed E-state index contributed by atoms with van der Waals surface area (Å²) in [4.78, 5) is 13.0. The molecular formula is C24H26N2O4. The fraction of sp³-hybridized carbons (Fsp3) is 0.417. The van der Waals surface area contributed by atoms with E-state index < -0.39 is 5.97 Å². The SMILES string of the molecule is O=C(O)C1CN(Cc2ccc(-c3cc(-c4ccc(C5CCCCC5)cc4)no3)o2)C1. The maximum Gasteiger partial charge on any atom is 0.309 e. The van der Waals surface area contributed by atoms with E-state index in [1.165, 1.54) is 37.7 Å². The Morgan fingerprint density at radius 2 is 1.80 bits per heavy atom. The Kier molecular flexibility index (Phi) is 5.17. The zero-order valence-corrected chi connectivity index (χ0v) is 16.9. The zero-order valence-electron chi connectivity index (χ0n) is 16.9. The third-order valence-electron chi connectivity index (χ3n) is 6.38. The van der Waals surface area contributed by atoms with Crippen LogP contribution in [0.1, 0.15) is 49.3 Å². The van der Waals surface area contributed by atoms with Crippen LogP contribution in [0.25, 0.3) is 22.8 Å². The van der Waals surface area contributed by atoms with Crippen LogP contribution in [-0.2, 0) is 11.3 Å². The van der Waals surface area contributed by atoms with Crippen molar-refractivity contribution in [1.29, 1.82) is 0 Å². The summed E-state index contributed by atoms with van der Waals surface area (Å²) >= 11 is 0. The minimum Gasteiger partial charge on any atom is -0.481 e. The number of carboxylic acid groups (broad SMARTS) is 1. The van der Waals surface area contributed by atoms with Crippen LogP contribution >= 0.6 is 0 Å². The second-order valence-corrected chi connectivity index (χ2v) is 8.53. The largest absolute Gasteiger partial charge is 0.481 e. The van der Waals surface area contributed by atoms with E-state index in [2.05, 4.69) is 34.3 Å². The molecule has 3 aromatic rings. The number of furan rings is 1. The van der Waals surface area contributed by atoms with Gasteiger partial charge in [-0.05, 0) is 36.5 Å². The molecule has 0 amide bonds. The Hall–Kier alpha value is -2.86. The van der Waals surface area contributed by atoms with Gasteiger partial charge in [0.15, 0.2) is 5.76 Å². The van der Waals surface area contributed by atoms with Crippen molar-refractivity contribution in [2.45, 2.75) is 44.6 Å². The number of aliphatic carboxylic acids is 1. The molecule has 0 radical (unpaired) electrons. The molecule has 156 valence electrons. The van der Waals surface area contributed by atoms with Gasteiger partial charge in [0.1, 0.15) is 11.5 Å². The molecule has 0 spiro atoms. The Morgan fingerprint density at radius 3 is 2.53 bits per heavy atom. The third kappa shape index (κ3) is 3.92. The van der Waals surface area contributed by atoms with E-state index >= 15 is 0 Å². The first-order valence-corrected chi connectivity index (χ1v) is 10.8. The van der Waals surface area contributed by atoms with Gasteiger partial charge >= 0.3 is 5.97 Å². The van der Waals surface area contributed by atoms with E-state index in [9.17, 15) is 4.79 Å². The van der Waals surface area contributed by atoms with E-state index in [1.54, 1.807) is 0 Å². The highest BCUT2D eigenvalue weighted by Gasteiger charge is 2.32. The van der Waals surface area contributed by atoms with Crippen molar-refractivity contribution < 1.29 is 18.8 Å². The Bertz CT molecular complexity index is 1010. The second kappa shape index (κ2) is 8.11. The number of rotatable bonds is 6. The molecular weight excluding hydrogens is 380 g/mol. The molecule has 1 aliphatic heterocycles. The van der Waals surface area contributed by atoms with Crippen LogP contribution in [0.2, 0.25) is 0 Å². The number of carbonyl (C=O) groups is 1. The summed E-state index contributed by atoms with van der Waals surface area (Å²) in [6, 6.07) is 14.4. The minimum absolute atomic E-state index is 0.263. The van der Waals surface area contributed by atoms with Gasteiger partial charge in [0.2, 0.25) is 5.76 Å². The standard InChI is InChI=1S/C24H26N2O4/c27-24(28)19-13-26(14-19)15-20-10-11-22(29-20)23-12-21(25-30-23)18-8-6-17(7-9-18)16-4-2-1-3-5-16/h6-12,16,19H,1-5,13-15H2,(H,27,28). The number of nitrogens with zero attached hydrogens (tertiary/aromatic N) is 2. The van der Waals surface area contributed by atoms with Crippen molar-refractivity contribution in [2.75, 3.05) is 13.1 Å². The summed E-state index contributed by atoms with van der Waals surface area (Å²) in [5.74, 6) is 1.73. The normalized spacial score (nSPS) is 18.4. The molecule has 1 aromatic carbocycles. The molecule has 2 aliphatic rings. The molecule has 30 heavy (non-hydrogen) atoms. The molecule has 1 saturated carbocycles. The molecule has 1 saturated heterocycles. The molecule has 0 bridgehead atoms. The molecule has 1 N–H and O–H groups in total. The first kappa shape index (κ1) is 19.1. The highest BCUT2D eigenvalue weighted by atomic mass is 16.5. The first-order chi connectivity index (χ1) is 14.7. The van der Waals surface area contributed by atoms with E-state index in [1.807, 2.05) is 18.2 Å². The maximum absolute atomic E-state index is 10.9. The third-order valence-corrected chi connectivity index (χ3v) is 6.38. The van der Waals surface area contributed by atoms with Gasteiger partial charge < -0.3 is 14.0 Å². The molecule has 0 unspecified atom stereocenters. The molecule has 1 aliphatic carbocycles. The molecule has 2 aromatic heterocycles. The molecule has 0 atom stereocenters. The van der Waals surface area contributed by atoms with Gasteiger partial charge in [-0.3, -0.25) is 9.69 Å². The highest BCUT2D eigenvalue weighted by Crippen LogP contribution is 2.34. The van der Waals surface area contributed by atoms with Gasteiger partial charge in [-0.1, -0.05) is 48.7 Å². The number of hydrogen-bond acceptors (Lipinski definition) is 5. The smallest absolute Gasteiger partial charge is 0.309 e. The van der Waals surface area contributed by atoms with Gasteiger partial charge in [0.25, 0.3) is 0 Å². The van der Waals surface area contributed by atoms with Crippen molar-refractivity contribution in [2.24, 2.45) is 5.92 Å². The lowest BCUT2D eigenvalue weighted by atomic mass is 9.84. The van der Waals surface area contributed by atoms with Crippen LogP contribution in [0.3, 0.4) is 0 Å². The summed E-state index contributed by atoms with van der Waals surface area (Å²) in [5.41, 5.74) is 3.26. The number of benzene rings is 1. The number of likely N-dealkylation sites (tertiary alicyclic amines) is 1. The van der Waals surface area contributed by atoms with Crippen LogP contribution in [-0.4, -0.2) is 34.2 Å². The topological polar surface area (TPSA) is 79.7 Å². The van der Waals surface area contributed by atoms with Crippen molar-refractivity contribution >= 4 is 5.97 Å². The molecule has 6 heteroatoms. The fourth-order valence-electron chi connectivity index (χ4n) is 4.56. The summed E-state index contributed by atoms with van der Waals surface area (Å²) in [6.45, 7) is 1.73. The number of hydrogen-bond donors (Lipinski definition) is 1. The van der Waals surface area contributed by atoms with Gasteiger partial charge in [-0.25, -0.2) is 0 Å². The zero-order chi connectivity index (χ0) is 20.5. The Morgan fingerprint density at radius 1 is 1.03 bits per heavy atom. The van der Waals surface area contributed by atoms with Crippen LogP contribution in [0, 0.1) is 5.92 Å². The van der Waals surface area contributed by atoms with Gasteiger partial charge in [-0.15, -0.1) is 0 Å². The number of aromatic nitrogens is 1. The lowest BCUT2D eigenvalue weighted by Gasteiger charge is -2.35. The minimum atomic E-state index is -0.729. The van der Waals surface area contributed by atoms with Crippen LogP contribution in [0.4, 0.5) is 0 Å². The fourth-order valence-corrected chi connectivity index (χ4v) is 4.56. The second-order valence-electron chi connectivity index (χ2n) is 8.53. The van der Waals surface area contributed by atoms with Crippen LogP contribution < -0.4 is 0 Å². The number of carboxylic acids is 1. The van der Waals surface area contributed by atoms with Gasteiger partial charge in [-0.2, -0.15) is 0 Å². The van der Waals surface area contributed by atoms with Crippen molar-refractivity contribution in [1.82, 2.24) is 10.1 Å². The average molecular weight is 406 g/mol. The van der Waals surface area contributed by atoms with Gasteiger partial charge in [0, 0.05) is 24.7 Å². The summed E-state index contributed by atoms with van der Waals surface area (Å²) in [7, 11) is 0. The Labute approximate surface area is 175 Å². The highest BCUT2D eigenvalue weighted by molar-refractivity contribution is 5.71. The Balaban J connectivity index is 1.23. The van der Waals surface area contributed by atoms with E-state index in [0.717, 1.165) is 17.0 Å². The van der Waals surface area contributed by atoms with E-state index in [0.29, 0.717) is 37.1 Å². The predicted molar refractivity (Wildman–Crippen MR) is 112 cm³/mol. The van der Waals surface area contributed by atoms with E-state index in [4.69, 9.17) is 14.0 Å². The quantitative estimate of drug-likeness (QED) is 0.609. The van der Waals surface area contributed by atoms with Crippen LogP contribution in [0.15, 0.2) is 51.4 Å². The van der Waals surface area contributed by atoms with Gasteiger partial charge in [0.05, 0.1) is 12.5 Å². The van der Waals surface area contributed by atoms with Crippen LogP contribution in [0.5, 0.6) is 0 Å². The lowest BCUT2D eigenvalue weighted by molar-refractivity contribution is -0.147. The maximum atomic E-state index is 10.9. The summed E-state index contributed by atoms with van der Waals surface area (Å²) in [5, 5.41) is 13.2. The predicted octanol–water partition coefficient (Wildman–Crippen LogP) is 5.17. The summed E-state index contributed by atoms with van der Waals surface area (Å²) in [6.07, 6.45) is 6.63. The molecule has 6 nitrogen and oxygen atoms in total.